The Morgan fingerprint density at radius 3 is 1.92 bits per heavy atom. The summed E-state index contributed by atoms with van der Waals surface area (Å²) in [4.78, 5) is 44.7. The molecule has 1 aliphatic rings. The molecule has 5 unspecified atom stereocenters. The van der Waals surface area contributed by atoms with Crippen molar-refractivity contribution in [3.63, 3.8) is 0 Å². The molecule has 0 amide bonds. The lowest BCUT2D eigenvalue weighted by Gasteiger charge is -2.27. The standard InChI is InChI=1S/C14H20O10/c1-6(15)20-5-10(21-7(2)16)11-12(22-8(3)17)13(14(19)24-11)23-9(4)18/h10-14,19H,5H2,1-4H3. The third-order valence-corrected chi connectivity index (χ3v) is 2.96. The molecule has 5 atom stereocenters. The fraction of sp³-hybridized carbons (Fsp3) is 0.714. The van der Waals surface area contributed by atoms with E-state index in [2.05, 4.69) is 0 Å². The molecule has 0 bridgehead atoms. The van der Waals surface area contributed by atoms with Crippen molar-refractivity contribution in [3.8, 4) is 0 Å². The molecule has 0 spiro atoms. The number of aliphatic hydroxyl groups is 1. The summed E-state index contributed by atoms with van der Waals surface area (Å²) < 4.78 is 25.0. The van der Waals surface area contributed by atoms with E-state index in [0.29, 0.717) is 0 Å². The molecule has 24 heavy (non-hydrogen) atoms. The van der Waals surface area contributed by atoms with Gasteiger partial charge in [-0.2, -0.15) is 0 Å². The lowest BCUT2D eigenvalue weighted by atomic mass is 10.1. The lowest BCUT2D eigenvalue weighted by Crippen LogP contribution is -2.46. The summed E-state index contributed by atoms with van der Waals surface area (Å²) in [6.45, 7) is 4.10. The Morgan fingerprint density at radius 2 is 1.46 bits per heavy atom. The second-order valence-corrected chi connectivity index (χ2v) is 5.09. The molecule has 1 heterocycles. The topological polar surface area (TPSA) is 135 Å². The van der Waals surface area contributed by atoms with Gasteiger partial charge in [0, 0.05) is 27.7 Å². The van der Waals surface area contributed by atoms with E-state index in [0.717, 1.165) is 27.7 Å². The van der Waals surface area contributed by atoms with Crippen molar-refractivity contribution in [2.75, 3.05) is 6.61 Å². The quantitative estimate of drug-likeness (QED) is 0.473. The fourth-order valence-electron chi connectivity index (χ4n) is 2.22. The monoisotopic (exact) mass is 348 g/mol. The fourth-order valence-corrected chi connectivity index (χ4v) is 2.22. The summed E-state index contributed by atoms with van der Waals surface area (Å²) in [7, 11) is 0. The average molecular weight is 348 g/mol. The Morgan fingerprint density at radius 1 is 0.917 bits per heavy atom. The average Bonchev–Trinajstić information content (AvgIpc) is 2.70. The predicted octanol–water partition coefficient (Wildman–Crippen LogP) is -0.938. The van der Waals surface area contributed by atoms with Gasteiger partial charge in [0.15, 0.2) is 24.6 Å². The minimum absolute atomic E-state index is 0.392. The first kappa shape index (κ1) is 19.8. The number of carbonyl (C=O) groups is 4. The molecule has 0 aliphatic carbocycles. The molecular formula is C14H20O10. The highest BCUT2D eigenvalue weighted by atomic mass is 16.7. The smallest absolute Gasteiger partial charge is 0.303 e. The van der Waals surface area contributed by atoms with E-state index in [1.165, 1.54) is 0 Å². The number of hydrogen-bond donors (Lipinski definition) is 1. The van der Waals surface area contributed by atoms with Gasteiger partial charge in [-0.3, -0.25) is 19.2 Å². The lowest BCUT2D eigenvalue weighted by molar-refractivity contribution is -0.184. The van der Waals surface area contributed by atoms with Crippen LogP contribution >= 0.6 is 0 Å². The number of esters is 4. The molecule has 1 fully saturated rings. The zero-order valence-electron chi connectivity index (χ0n) is 13.7. The summed E-state index contributed by atoms with van der Waals surface area (Å²) in [5, 5.41) is 9.91. The second-order valence-electron chi connectivity index (χ2n) is 5.09. The van der Waals surface area contributed by atoms with Crippen LogP contribution in [0.25, 0.3) is 0 Å². The zero-order valence-corrected chi connectivity index (χ0v) is 13.7. The van der Waals surface area contributed by atoms with E-state index in [1.807, 2.05) is 0 Å². The van der Waals surface area contributed by atoms with E-state index < -0.39 is 61.2 Å². The van der Waals surface area contributed by atoms with Crippen LogP contribution in [0.1, 0.15) is 27.7 Å². The van der Waals surface area contributed by atoms with E-state index >= 15 is 0 Å². The Hall–Kier alpha value is -2.20. The first-order chi connectivity index (χ1) is 11.1. The van der Waals surface area contributed by atoms with E-state index in [1.54, 1.807) is 0 Å². The van der Waals surface area contributed by atoms with E-state index in [9.17, 15) is 24.3 Å². The van der Waals surface area contributed by atoms with Crippen LogP contribution in [0.2, 0.25) is 0 Å². The van der Waals surface area contributed by atoms with Crippen molar-refractivity contribution in [2.45, 2.75) is 58.4 Å². The highest BCUT2D eigenvalue weighted by Gasteiger charge is 2.52. The third kappa shape index (κ3) is 5.78. The van der Waals surface area contributed by atoms with Crippen molar-refractivity contribution in [3.05, 3.63) is 0 Å². The molecule has 1 aliphatic heterocycles. The van der Waals surface area contributed by atoms with Gasteiger partial charge in [-0.1, -0.05) is 0 Å². The highest BCUT2D eigenvalue weighted by molar-refractivity contribution is 5.68. The van der Waals surface area contributed by atoms with Crippen molar-refractivity contribution in [2.24, 2.45) is 0 Å². The first-order valence-corrected chi connectivity index (χ1v) is 7.10. The van der Waals surface area contributed by atoms with Crippen molar-refractivity contribution >= 4 is 23.9 Å². The SMILES string of the molecule is CC(=O)OCC(OC(C)=O)C1OC(O)C(OC(C)=O)C1OC(C)=O. The maximum absolute atomic E-state index is 11.3. The molecule has 0 aromatic rings. The molecule has 136 valence electrons. The third-order valence-electron chi connectivity index (χ3n) is 2.96. The molecule has 1 rings (SSSR count). The van der Waals surface area contributed by atoms with Crippen LogP contribution in [0.3, 0.4) is 0 Å². The summed E-state index contributed by atoms with van der Waals surface area (Å²) in [5.74, 6) is -2.80. The van der Waals surface area contributed by atoms with Gasteiger partial charge in [0.1, 0.15) is 12.7 Å². The van der Waals surface area contributed by atoms with Crippen molar-refractivity contribution in [1.29, 1.82) is 0 Å². The Balaban J connectivity index is 3.03. The minimum atomic E-state index is -1.61. The van der Waals surface area contributed by atoms with Crippen LogP contribution in [0.15, 0.2) is 0 Å². The van der Waals surface area contributed by atoms with Crippen LogP contribution in [-0.2, 0) is 42.9 Å². The van der Waals surface area contributed by atoms with Gasteiger partial charge in [-0.05, 0) is 0 Å². The number of rotatable bonds is 6. The van der Waals surface area contributed by atoms with Crippen LogP contribution in [-0.4, -0.2) is 66.3 Å². The number of hydrogen-bond acceptors (Lipinski definition) is 10. The highest BCUT2D eigenvalue weighted by Crippen LogP contribution is 2.29. The largest absolute Gasteiger partial charge is 0.462 e. The van der Waals surface area contributed by atoms with Crippen LogP contribution in [0, 0.1) is 0 Å². The molecular weight excluding hydrogens is 328 g/mol. The molecule has 0 aromatic carbocycles. The molecule has 0 saturated carbocycles. The van der Waals surface area contributed by atoms with Gasteiger partial charge in [0.2, 0.25) is 0 Å². The summed E-state index contributed by atoms with van der Waals surface area (Å²) in [5.41, 5.74) is 0. The molecule has 1 N–H and O–H groups in total. The Bertz CT molecular complexity index is 502. The van der Waals surface area contributed by atoms with Gasteiger partial charge in [-0.15, -0.1) is 0 Å². The van der Waals surface area contributed by atoms with Crippen molar-refractivity contribution in [1.82, 2.24) is 0 Å². The van der Waals surface area contributed by atoms with Crippen LogP contribution in [0.5, 0.6) is 0 Å². The number of aliphatic hydroxyl groups excluding tert-OH is 1. The van der Waals surface area contributed by atoms with Crippen molar-refractivity contribution < 1.29 is 48.0 Å². The van der Waals surface area contributed by atoms with Gasteiger partial charge < -0.3 is 28.8 Å². The summed E-state index contributed by atoms with van der Waals surface area (Å²) in [6.07, 6.45) is -6.55. The number of ether oxygens (including phenoxy) is 5. The molecule has 0 aromatic heterocycles. The maximum Gasteiger partial charge on any atom is 0.303 e. The molecule has 10 nitrogen and oxygen atoms in total. The van der Waals surface area contributed by atoms with Gasteiger partial charge in [0.05, 0.1) is 0 Å². The van der Waals surface area contributed by atoms with Gasteiger partial charge in [0.25, 0.3) is 0 Å². The Kier molecular flexibility index (Phi) is 7.11. The summed E-state index contributed by atoms with van der Waals surface area (Å²) in [6, 6.07) is 0. The van der Waals surface area contributed by atoms with E-state index in [-0.39, 0.29) is 0 Å². The first-order valence-electron chi connectivity index (χ1n) is 7.10. The zero-order chi connectivity index (χ0) is 18.4. The molecule has 1 saturated heterocycles. The summed E-state index contributed by atoms with van der Waals surface area (Å²) >= 11 is 0. The second kappa shape index (κ2) is 8.60. The van der Waals surface area contributed by atoms with Crippen LogP contribution in [0.4, 0.5) is 0 Å². The molecule has 10 heteroatoms. The van der Waals surface area contributed by atoms with Gasteiger partial charge >= 0.3 is 23.9 Å². The molecule has 0 radical (unpaired) electrons. The Labute approximate surface area is 137 Å². The normalized spacial score (nSPS) is 27.0. The van der Waals surface area contributed by atoms with E-state index in [4.69, 9.17) is 23.7 Å². The maximum atomic E-state index is 11.3. The minimum Gasteiger partial charge on any atom is -0.462 e. The number of carbonyl (C=O) groups excluding carboxylic acids is 4. The van der Waals surface area contributed by atoms with Crippen LogP contribution < -0.4 is 0 Å². The van der Waals surface area contributed by atoms with Gasteiger partial charge in [-0.25, -0.2) is 0 Å². The predicted molar refractivity (Wildman–Crippen MR) is 74.2 cm³/mol.